The van der Waals surface area contributed by atoms with Gasteiger partial charge in [0.1, 0.15) is 0 Å². The summed E-state index contributed by atoms with van der Waals surface area (Å²) < 4.78 is 3.08. The Morgan fingerprint density at radius 3 is 1.17 bits per heavy atom. The molecule has 0 nitrogen and oxygen atoms in total. The summed E-state index contributed by atoms with van der Waals surface area (Å²) in [5.41, 5.74) is 3.03. The molecule has 0 aliphatic rings. The van der Waals surface area contributed by atoms with Gasteiger partial charge in [0.25, 0.3) is 0 Å². The van der Waals surface area contributed by atoms with Gasteiger partial charge in [0, 0.05) is 0 Å². The number of hydrogen-bond donors (Lipinski definition) is 0. The second-order valence-electron chi connectivity index (χ2n) is 8.38. The zero-order chi connectivity index (χ0) is 20.6. The Hall–Kier alpha value is -0.830. The summed E-state index contributed by atoms with van der Waals surface area (Å²) >= 11 is -0.0450. The van der Waals surface area contributed by atoms with Crippen LogP contribution in [0.1, 0.15) is 102 Å². The third kappa shape index (κ3) is 11.2. The van der Waals surface area contributed by atoms with Gasteiger partial charge in [0.2, 0.25) is 0 Å². The van der Waals surface area contributed by atoms with Crippen LogP contribution in [0.3, 0.4) is 0 Å². The number of benzene rings is 2. The Labute approximate surface area is 191 Å². The van der Waals surface area contributed by atoms with E-state index in [1.165, 1.54) is 101 Å². The van der Waals surface area contributed by atoms with Gasteiger partial charge >= 0.3 is 192 Å². The predicted octanol–water partition coefficient (Wildman–Crippen LogP) is 5.62. The first kappa shape index (κ1) is 24.4. The van der Waals surface area contributed by atoms with Crippen molar-refractivity contribution in [3.05, 3.63) is 66.8 Å². The zero-order valence-corrected chi connectivity index (χ0v) is 21.1. The van der Waals surface area contributed by atoms with Crippen LogP contribution >= 0.6 is 0 Å². The van der Waals surface area contributed by atoms with E-state index in [1.807, 2.05) is 0 Å². The molecule has 0 N–H and O–H groups in total. The molecular weight excluding hydrogens is 463 g/mol. The molecule has 0 spiro atoms. The van der Waals surface area contributed by atoms with Crippen molar-refractivity contribution in [3.63, 3.8) is 0 Å². The summed E-state index contributed by atoms with van der Waals surface area (Å²) in [7, 11) is 0. The number of unbranched alkanes of at least 4 members (excludes halogenated alkanes) is 10. The van der Waals surface area contributed by atoms with Crippen LogP contribution in [0.5, 0.6) is 0 Å². The Morgan fingerprint density at radius 2 is 0.793 bits per heavy atom. The molecule has 0 fully saturated rings. The normalized spacial score (nSPS) is 11.2. The summed E-state index contributed by atoms with van der Waals surface area (Å²) in [6, 6.07) is 19.0. The van der Waals surface area contributed by atoms with E-state index >= 15 is 0 Å². The topological polar surface area (TPSA) is 0 Å². The second kappa shape index (κ2) is 15.9. The SMILES string of the molecule is CCCCCCCCc1ccc([I-]c2ccc(CCCCCCCC)cc2)cc1. The molecule has 0 aliphatic carbocycles. The van der Waals surface area contributed by atoms with Gasteiger partial charge in [-0.05, 0) is 0 Å². The van der Waals surface area contributed by atoms with Crippen molar-refractivity contribution >= 4 is 0 Å². The molecule has 0 saturated carbocycles. The standard InChI is InChI=1S/C28H42I/c1-3-5-7-9-11-13-15-25-17-21-27(22-18-25)29-28-23-19-26(20-24-28)16-14-12-10-8-6-4-2/h17-24H,3-16H2,1-2H3/q-1. The fourth-order valence-electron chi connectivity index (χ4n) is 3.77. The van der Waals surface area contributed by atoms with Gasteiger partial charge in [-0.25, -0.2) is 0 Å². The quantitative estimate of drug-likeness (QED) is 0.205. The molecule has 0 atom stereocenters. The molecule has 0 saturated heterocycles. The first-order chi connectivity index (χ1) is 14.3. The van der Waals surface area contributed by atoms with Gasteiger partial charge < -0.3 is 0 Å². The Balaban J connectivity index is 1.66. The molecule has 0 amide bonds. The Kier molecular flexibility index (Phi) is 13.4. The van der Waals surface area contributed by atoms with Crippen molar-refractivity contribution in [2.75, 3.05) is 0 Å². The van der Waals surface area contributed by atoms with Crippen LogP contribution in [-0.2, 0) is 12.8 Å². The number of rotatable bonds is 16. The van der Waals surface area contributed by atoms with Crippen LogP contribution < -0.4 is 21.2 Å². The fraction of sp³-hybridized carbons (Fsp3) is 0.571. The van der Waals surface area contributed by atoms with Crippen LogP contribution in [0, 0.1) is 7.14 Å². The maximum atomic E-state index is 2.38. The van der Waals surface area contributed by atoms with Gasteiger partial charge in [-0.15, -0.1) is 0 Å². The maximum absolute atomic E-state index is 2.38. The molecule has 2 rings (SSSR count). The zero-order valence-electron chi connectivity index (χ0n) is 18.9. The molecule has 29 heavy (non-hydrogen) atoms. The third-order valence-electron chi connectivity index (χ3n) is 5.68. The summed E-state index contributed by atoms with van der Waals surface area (Å²) in [6.07, 6.45) is 19.1. The van der Waals surface area contributed by atoms with E-state index in [0.29, 0.717) is 0 Å². The molecule has 2 aromatic carbocycles. The molecule has 2 aromatic rings. The second-order valence-corrected chi connectivity index (χ2v) is 11.4. The van der Waals surface area contributed by atoms with Crippen LogP contribution in [0.4, 0.5) is 0 Å². The van der Waals surface area contributed by atoms with Crippen molar-refractivity contribution in [2.45, 2.75) is 104 Å². The summed E-state index contributed by atoms with van der Waals surface area (Å²) in [6.45, 7) is 4.57. The monoisotopic (exact) mass is 505 g/mol. The first-order valence-corrected chi connectivity index (χ1v) is 14.3. The van der Waals surface area contributed by atoms with Crippen LogP contribution in [-0.4, -0.2) is 0 Å². The van der Waals surface area contributed by atoms with Gasteiger partial charge in [-0.2, -0.15) is 0 Å². The van der Waals surface area contributed by atoms with Crippen LogP contribution in [0.25, 0.3) is 0 Å². The van der Waals surface area contributed by atoms with E-state index < -0.39 is 0 Å². The van der Waals surface area contributed by atoms with Crippen molar-refractivity contribution in [3.8, 4) is 0 Å². The van der Waals surface area contributed by atoms with E-state index in [1.54, 1.807) is 7.14 Å². The number of aryl methyl sites for hydroxylation is 2. The molecule has 0 bridgehead atoms. The number of halogens is 1. The van der Waals surface area contributed by atoms with Gasteiger partial charge in [-0.3, -0.25) is 0 Å². The van der Waals surface area contributed by atoms with Crippen molar-refractivity contribution in [1.82, 2.24) is 0 Å². The molecule has 0 unspecified atom stereocenters. The summed E-state index contributed by atoms with van der Waals surface area (Å²) in [4.78, 5) is 0. The molecule has 0 radical (unpaired) electrons. The van der Waals surface area contributed by atoms with E-state index in [2.05, 4.69) is 62.4 Å². The van der Waals surface area contributed by atoms with Crippen LogP contribution in [0.2, 0.25) is 0 Å². The molecule has 0 heterocycles. The Morgan fingerprint density at radius 1 is 0.448 bits per heavy atom. The molecular formula is C28H42I-. The average molecular weight is 506 g/mol. The third-order valence-corrected chi connectivity index (χ3v) is 8.37. The molecule has 162 valence electrons. The fourth-order valence-corrected chi connectivity index (χ4v) is 5.93. The molecule has 1 heteroatoms. The summed E-state index contributed by atoms with van der Waals surface area (Å²) in [5.74, 6) is 0. The molecule has 0 aliphatic heterocycles. The first-order valence-electron chi connectivity index (χ1n) is 12.1. The summed E-state index contributed by atoms with van der Waals surface area (Å²) in [5, 5.41) is 0. The molecule has 0 aromatic heterocycles. The Bertz CT molecular complexity index is 569. The minimum absolute atomic E-state index is 0.0450. The van der Waals surface area contributed by atoms with Crippen molar-refractivity contribution < 1.29 is 21.2 Å². The van der Waals surface area contributed by atoms with E-state index in [-0.39, 0.29) is 21.2 Å². The van der Waals surface area contributed by atoms with Crippen LogP contribution in [0.15, 0.2) is 48.5 Å². The van der Waals surface area contributed by atoms with Crippen molar-refractivity contribution in [2.24, 2.45) is 0 Å². The van der Waals surface area contributed by atoms with E-state index in [9.17, 15) is 0 Å². The van der Waals surface area contributed by atoms with E-state index in [4.69, 9.17) is 0 Å². The van der Waals surface area contributed by atoms with Gasteiger partial charge in [0.15, 0.2) is 0 Å². The number of hydrogen-bond acceptors (Lipinski definition) is 0. The predicted molar refractivity (Wildman–Crippen MR) is 124 cm³/mol. The minimum atomic E-state index is -0.0450. The van der Waals surface area contributed by atoms with Gasteiger partial charge in [-0.1, -0.05) is 0 Å². The van der Waals surface area contributed by atoms with Crippen molar-refractivity contribution in [1.29, 1.82) is 0 Å². The van der Waals surface area contributed by atoms with E-state index in [0.717, 1.165) is 0 Å². The van der Waals surface area contributed by atoms with Gasteiger partial charge in [0.05, 0.1) is 0 Å². The average Bonchev–Trinajstić information content (AvgIpc) is 2.75.